The minimum Gasteiger partial charge on any atom is -0.480 e. The average molecular weight is 566 g/mol. The molecule has 2 aromatic carbocycles. The van der Waals surface area contributed by atoms with E-state index in [1.54, 1.807) is 30.3 Å². The Hall–Kier alpha value is -3.12. The standard InChI is InChI=1S/C29H37F2NO8/c1-4-23-19(2)24(37-16-20-11-7-5-8-12-20)25(39-18-36-3)26(40-23)29(30,31)15-22(27(33)34)32-28(35)38-17-21-13-9-6-10-14-21/h5-14,19,22-26H,4,15-18H2,1-3H3,(H,32,35)(H,33,34)/t19-,22?,23+,24-,25+,26-/m0/s1. The Bertz CT molecular complexity index is 1060. The first-order chi connectivity index (χ1) is 19.2. The van der Waals surface area contributed by atoms with Gasteiger partial charge in [-0.25, -0.2) is 18.4 Å². The summed E-state index contributed by atoms with van der Waals surface area (Å²) in [7, 11) is 1.36. The van der Waals surface area contributed by atoms with Gasteiger partial charge in [-0.1, -0.05) is 74.5 Å². The number of halogens is 2. The molecular weight excluding hydrogens is 528 g/mol. The number of alkyl halides is 2. The van der Waals surface area contributed by atoms with E-state index in [-0.39, 0.29) is 25.9 Å². The second-order valence-corrected chi connectivity index (χ2v) is 9.72. The van der Waals surface area contributed by atoms with Crippen LogP contribution in [0.4, 0.5) is 13.6 Å². The van der Waals surface area contributed by atoms with E-state index in [2.05, 4.69) is 0 Å². The van der Waals surface area contributed by atoms with Gasteiger partial charge in [0.25, 0.3) is 5.92 Å². The number of hydrogen-bond acceptors (Lipinski definition) is 7. The van der Waals surface area contributed by atoms with Crippen LogP contribution >= 0.6 is 0 Å². The zero-order chi connectivity index (χ0) is 29.1. The molecule has 11 heteroatoms. The normalized spacial score (nSPS) is 23.8. The molecule has 0 aliphatic carbocycles. The lowest BCUT2D eigenvalue weighted by Crippen LogP contribution is -2.62. The molecule has 1 saturated heterocycles. The van der Waals surface area contributed by atoms with Gasteiger partial charge >= 0.3 is 12.1 Å². The van der Waals surface area contributed by atoms with Gasteiger partial charge in [-0.3, -0.25) is 0 Å². The number of carbonyl (C=O) groups is 2. The molecule has 220 valence electrons. The SMILES string of the molecule is CC[C@H]1O[C@H](C(F)(F)CC(NC(=O)OCc2ccccc2)C(=O)O)[C@H](OCOC)[C@@H](OCc2ccccc2)[C@H]1C. The number of alkyl carbamates (subject to hydrolysis) is 1. The Balaban J connectivity index is 1.77. The van der Waals surface area contributed by atoms with E-state index in [0.29, 0.717) is 12.0 Å². The van der Waals surface area contributed by atoms with Gasteiger partial charge < -0.3 is 34.1 Å². The van der Waals surface area contributed by atoms with E-state index in [0.717, 1.165) is 5.56 Å². The van der Waals surface area contributed by atoms with E-state index in [1.807, 2.05) is 49.5 Å². The Morgan fingerprint density at radius 3 is 2.15 bits per heavy atom. The molecule has 2 aromatic rings. The maximum absolute atomic E-state index is 15.9. The largest absolute Gasteiger partial charge is 0.480 e. The summed E-state index contributed by atoms with van der Waals surface area (Å²) in [4.78, 5) is 24.2. The highest BCUT2D eigenvalue weighted by Gasteiger charge is 2.56. The zero-order valence-electron chi connectivity index (χ0n) is 22.8. The number of benzene rings is 2. The smallest absolute Gasteiger partial charge is 0.408 e. The second kappa shape index (κ2) is 15.0. The number of aliphatic carboxylic acids is 1. The molecule has 1 amide bonds. The Morgan fingerprint density at radius 1 is 1.00 bits per heavy atom. The van der Waals surface area contributed by atoms with Crippen molar-refractivity contribution in [1.82, 2.24) is 5.32 Å². The van der Waals surface area contributed by atoms with Crippen molar-refractivity contribution in [2.24, 2.45) is 5.92 Å². The maximum atomic E-state index is 15.9. The van der Waals surface area contributed by atoms with Gasteiger partial charge in [0, 0.05) is 19.4 Å². The van der Waals surface area contributed by atoms with E-state index >= 15 is 8.78 Å². The summed E-state index contributed by atoms with van der Waals surface area (Å²) in [6.07, 6.45) is -6.53. The van der Waals surface area contributed by atoms with Crippen LogP contribution in [0.1, 0.15) is 37.8 Å². The molecule has 3 rings (SSSR count). The molecule has 0 aromatic heterocycles. The summed E-state index contributed by atoms with van der Waals surface area (Å²) in [5.74, 6) is -5.70. The second-order valence-electron chi connectivity index (χ2n) is 9.72. The number of carbonyl (C=O) groups excluding carboxylic acids is 1. The van der Waals surface area contributed by atoms with E-state index in [1.165, 1.54) is 7.11 Å². The fraction of sp³-hybridized carbons (Fsp3) is 0.517. The molecule has 9 nitrogen and oxygen atoms in total. The maximum Gasteiger partial charge on any atom is 0.408 e. The average Bonchev–Trinajstić information content (AvgIpc) is 2.95. The third-order valence-corrected chi connectivity index (χ3v) is 6.81. The van der Waals surface area contributed by atoms with Crippen LogP contribution in [-0.4, -0.2) is 67.5 Å². The van der Waals surface area contributed by atoms with Crippen LogP contribution in [0.2, 0.25) is 0 Å². The summed E-state index contributed by atoms with van der Waals surface area (Å²) < 4.78 is 59.5. The van der Waals surface area contributed by atoms with Crippen LogP contribution in [0.5, 0.6) is 0 Å². The van der Waals surface area contributed by atoms with Gasteiger partial charge in [-0.05, 0) is 17.5 Å². The Morgan fingerprint density at radius 2 is 1.60 bits per heavy atom. The van der Waals surface area contributed by atoms with Crippen molar-refractivity contribution >= 4 is 12.1 Å². The molecule has 0 spiro atoms. The highest BCUT2D eigenvalue weighted by Crippen LogP contribution is 2.40. The monoisotopic (exact) mass is 565 g/mol. The molecule has 40 heavy (non-hydrogen) atoms. The van der Waals surface area contributed by atoms with E-state index in [9.17, 15) is 14.7 Å². The predicted octanol–water partition coefficient (Wildman–Crippen LogP) is 4.78. The lowest BCUT2D eigenvalue weighted by Gasteiger charge is -2.47. The van der Waals surface area contributed by atoms with Gasteiger partial charge in [-0.2, -0.15) is 0 Å². The molecular formula is C29H37F2NO8. The Labute approximate surface area is 232 Å². The number of carboxylic acids is 1. The van der Waals surface area contributed by atoms with Gasteiger partial charge in [0.15, 0.2) is 6.10 Å². The summed E-state index contributed by atoms with van der Waals surface area (Å²) >= 11 is 0. The number of hydrogen-bond donors (Lipinski definition) is 2. The molecule has 1 heterocycles. The van der Waals surface area contributed by atoms with Crippen molar-refractivity contribution in [3.63, 3.8) is 0 Å². The van der Waals surface area contributed by atoms with Gasteiger partial charge in [0.2, 0.25) is 0 Å². The van der Waals surface area contributed by atoms with Gasteiger partial charge in [0.05, 0.1) is 18.8 Å². The van der Waals surface area contributed by atoms with Crippen molar-refractivity contribution in [2.75, 3.05) is 13.9 Å². The topological polar surface area (TPSA) is 113 Å². The number of carboxylic acid groups (broad SMARTS) is 1. The molecule has 1 aliphatic rings. The highest BCUT2D eigenvalue weighted by atomic mass is 19.3. The van der Waals surface area contributed by atoms with Crippen molar-refractivity contribution in [2.45, 2.75) is 76.3 Å². The third kappa shape index (κ3) is 8.69. The van der Waals surface area contributed by atoms with E-state index in [4.69, 9.17) is 23.7 Å². The van der Waals surface area contributed by atoms with Crippen LogP contribution in [0.25, 0.3) is 0 Å². The minimum absolute atomic E-state index is 0.148. The first-order valence-corrected chi connectivity index (χ1v) is 13.2. The molecule has 1 fully saturated rings. The number of methoxy groups -OCH3 is 1. The lowest BCUT2D eigenvalue weighted by atomic mass is 9.83. The molecule has 0 bridgehead atoms. The van der Waals surface area contributed by atoms with E-state index < -0.39 is 54.9 Å². The fourth-order valence-corrected chi connectivity index (χ4v) is 4.72. The van der Waals surface area contributed by atoms with Crippen LogP contribution in [0.15, 0.2) is 60.7 Å². The molecule has 2 N–H and O–H groups in total. The number of rotatable bonds is 14. The summed E-state index contributed by atoms with van der Waals surface area (Å²) in [6.45, 7) is 3.35. The molecule has 0 radical (unpaired) electrons. The van der Waals surface area contributed by atoms with Gasteiger partial charge in [0.1, 0.15) is 25.5 Å². The molecule has 1 aliphatic heterocycles. The lowest BCUT2D eigenvalue weighted by molar-refractivity contribution is -0.293. The summed E-state index contributed by atoms with van der Waals surface area (Å²) in [6, 6.07) is 16.0. The molecule has 6 atom stereocenters. The predicted molar refractivity (Wildman–Crippen MR) is 141 cm³/mol. The minimum atomic E-state index is -3.74. The highest BCUT2D eigenvalue weighted by molar-refractivity contribution is 5.80. The van der Waals surface area contributed by atoms with Crippen molar-refractivity contribution in [1.29, 1.82) is 0 Å². The molecule has 1 unspecified atom stereocenters. The molecule has 0 saturated carbocycles. The number of nitrogens with one attached hydrogen (secondary N) is 1. The first-order valence-electron chi connectivity index (χ1n) is 13.2. The zero-order valence-corrected chi connectivity index (χ0v) is 22.8. The van der Waals surface area contributed by atoms with Crippen molar-refractivity contribution < 1.29 is 47.2 Å². The third-order valence-electron chi connectivity index (χ3n) is 6.81. The fourth-order valence-electron chi connectivity index (χ4n) is 4.72. The van der Waals surface area contributed by atoms with Crippen molar-refractivity contribution in [3.05, 3.63) is 71.8 Å². The van der Waals surface area contributed by atoms with Crippen LogP contribution < -0.4 is 5.32 Å². The number of amides is 1. The van der Waals surface area contributed by atoms with Crippen LogP contribution in [0.3, 0.4) is 0 Å². The quantitative estimate of drug-likeness (QED) is 0.315. The van der Waals surface area contributed by atoms with Gasteiger partial charge in [-0.15, -0.1) is 0 Å². The van der Waals surface area contributed by atoms with Crippen LogP contribution in [-0.2, 0) is 41.7 Å². The number of ether oxygens (including phenoxy) is 5. The first kappa shape index (κ1) is 31.4. The van der Waals surface area contributed by atoms with Crippen LogP contribution in [0, 0.1) is 5.92 Å². The summed E-state index contributed by atoms with van der Waals surface area (Å²) in [5.41, 5.74) is 1.51. The van der Waals surface area contributed by atoms with Crippen molar-refractivity contribution in [3.8, 4) is 0 Å². The summed E-state index contributed by atoms with van der Waals surface area (Å²) in [5, 5.41) is 11.7. The Kier molecular flexibility index (Phi) is 11.8.